The maximum Gasteiger partial charge on any atom is 0.306 e. The van der Waals surface area contributed by atoms with Crippen LogP contribution in [0.4, 0.5) is 0 Å². The number of carboxylic acid groups (broad SMARTS) is 1. The second-order valence-corrected chi connectivity index (χ2v) is 7.68. The van der Waals surface area contributed by atoms with Gasteiger partial charge in [-0.25, -0.2) is 4.57 Å². The minimum absolute atomic E-state index is 0.0546. The molecular formula is C18H19N5O3S. The lowest BCUT2D eigenvalue weighted by Crippen LogP contribution is -2.69. The Hall–Kier alpha value is -2.65. The third kappa shape index (κ3) is 3.02. The molecule has 0 bridgehead atoms. The van der Waals surface area contributed by atoms with Crippen LogP contribution in [0.5, 0.6) is 0 Å². The van der Waals surface area contributed by atoms with E-state index in [1.807, 2.05) is 46.7 Å². The van der Waals surface area contributed by atoms with Gasteiger partial charge in [-0.15, -0.1) is 16.3 Å². The Bertz CT molecular complexity index is 996. The summed E-state index contributed by atoms with van der Waals surface area (Å²) in [7, 11) is 1.96. The van der Waals surface area contributed by atoms with Crippen LogP contribution < -0.4 is 15.4 Å². The van der Waals surface area contributed by atoms with Gasteiger partial charge in [0.05, 0.1) is 24.4 Å². The summed E-state index contributed by atoms with van der Waals surface area (Å²) >= 11 is 1.47. The molecule has 1 fully saturated rings. The number of hydrogen-bond acceptors (Lipinski definition) is 6. The highest BCUT2D eigenvalue weighted by molar-refractivity contribution is 8.00. The van der Waals surface area contributed by atoms with E-state index in [9.17, 15) is 14.7 Å². The fourth-order valence-electron chi connectivity index (χ4n) is 3.35. The van der Waals surface area contributed by atoms with Crippen molar-refractivity contribution in [3.05, 3.63) is 53.6 Å². The number of allylic oxidation sites excluding steroid dienone is 2. The van der Waals surface area contributed by atoms with Crippen molar-refractivity contribution in [1.29, 1.82) is 0 Å². The molecule has 8 nitrogen and oxygen atoms in total. The predicted octanol–water partition coefficient (Wildman–Crippen LogP) is -1.11. The highest BCUT2D eigenvalue weighted by atomic mass is 32.2. The maximum absolute atomic E-state index is 11.9. The van der Waals surface area contributed by atoms with Gasteiger partial charge in [-0.1, -0.05) is 17.3 Å². The number of carbonyl (C=O) groups excluding carboxylic acids is 2. The first kappa shape index (κ1) is 17.7. The second-order valence-electron chi connectivity index (χ2n) is 6.57. The van der Waals surface area contributed by atoms with E-state index in [4.69, 9.17) is 5.73 Å². The number of aromatic nitrogens is 3. The lowest BCUT2D eigenvalue weighted by atomic mass is 10.0. The summed E-state index contributed by atoms with van der Waals surface area (Å²) < 4.78 is 3.81. The summed E-state index contributed by atoms with van der Waals surface area (Å²) in [5.74, 6) is -1.21. The Morgan fingerprint density at radius 1 is 1.52 bits per heavy atom. The van der Waals surface area contributed by atoms with E-state index in [2.05, 4.69) is 5.10 Å². The molecule has 9 heteroatoms. The summed E-state index contributed by atoms with van der Waals surface area (Å²) in [5, 5.41) is 15.8. The van der Waals surface area contributed by atoms with Crippen molar-refractivity contribution in [2.24, 2.45) is 12.8 Å². The molecule has 4 rings (SSSR count). The van der Waals surface area contributed by atoms with Crippen LogP contribution in [0.25, 0.3) is 5.65 Å². The van der Waals surface area contributed by atoms with Gasteiger partial charge in [0.25, 0.3) is 0 Å². The van der Waals surface area contributed by atoms with E-state index in [0.717, 1.165) is 17.8 Å². The number of rotatable bonds is 5. The Morgan fingerprint density at radius 3 is 3.11 bits per heavy atom. The molecule has 1 amide bonds. The van der Waals surface area contributed by atoms with Gasteiger partial charge >= 0.3 is 5.65 Å². The smallest absolute Gasteiger partial charge is 0.306 e. The van der Waals surface area contributed by atoms with Gasteiger partial charge in [0, 0.05) is 11.8 Å². The molecule has 0 aromatic carbocycles. The fourth-order valence-corrected chi connectivity index (χ4v) is 4.61. The van der Waals surface area contributed by atoms with E-state index in [1.54, 1.807) is 6.08 Å². The lowest BCUT2D eigenvalue weighted by molar-refractivity contribution is -0.644. The van der Waals surface area contributed by atoms with Crippen molar-refractivity contribution in [1.82, 2.24) is 14.5 Å². The number of β-lactam (4-membered cyclic amide) rings is 1. The van der Waals surface area contributed by atoms with Crippen LogP contribution >= 0.6 is 11.8 Å². The molecule has 2 aromatic rings. The third-order valence-electron chi connectivity index (χ3n) is 4.81. The molecule has 1 saturated heterocycles. The Kier molecular flexibility index (Phi) is 4.48. The molecule has 0 saturated carbocycles. The summed E-state index contributed by atoms with van der Waals surface area (Å²) in [6, 6.07) is 3.36. The van der Waals surface area contributed by atoms with E-state index >= 15 is 0 Å². The number of fused-ring (bicyclic) bond motifs is 2. The van der Waals surface area contributed by atoms with Crippen molar-refractivity contribution in [2.45, 2.75) is 24.3 Å². The number of nitrogens with zero attached hydrogens (tertiary/aromatic N) is 4. The van der Waals surface area contributed by atoms with Crippen LogP contribution in [-0.4, -0.2) is 43.6 Å². The minimum Gasteiger partial charge on any atom is -0.543 e. The molecular weight excluding hydrogens is 366 g/mol. The van der Waals surface area contributed by atoms with Gasteiger partial charge in [-0.2, -0.15) is 0 Å². The summed E-state index contributed by atoms with van der Waals surface area (Å²) in [6.45, 7) is 0. The number of nitrogens with two attached hydrogens (primary N) is 1. The van der Waals surface area contributed by atoms with Crippen molar-refractivity contribution in [2.75, 3.05) is 5.75 Å². The van der Waals surface area contributed by atoms with Crippen molar-refractivity contribution in [3.63, 3.8) is 0 Å². The molecule has 2 aromatic heterocycles. The molecule has 0 unspecified atom stereocenters. The molecule has 0 spiro atoms. The summed E-state index contributed by atoms with van der Waals surface area (Å²) in [4.78, 5) is 24.7. The Labute approximate surface area is 159 Å². The molecule has 140 valence electrons. The lowest BCUT2D eigenvalue weighted by Gasteiger charge is -2.49. The van der Waals surface area contributed by atoms with Gasteiger partial charge in [-0.05, 0) is 24.5 Å². The summed E-state index contributed by atoms with van der Waals surface area (Å²) in [6.07, 6.45) is 8.94. The number of aryl methyl sites for hydroxylation is 2. The standard InChI is InChI=1S/C18H19N5O3S/c1-21-8-9-22-13(21)7-6-12(20-22)5-3-2-4-11-10-27-17-14(19)16(24)23(17)15(11)18(25)26/h2,4,6-9,14,17H,3,5,10,19H2,1H3/b4-2+/t14-,17-/m1/s1. The highest BCUT2D eigenvalue weighted by Gasteiger charge is 2.49. The average Bonchev–Trinajstić information content (AvgIpc) is 3.04. The first-order chi connectivity index (χ1) is 13.0. The van der Waals surface area contributed by atoms with Gasteiger partial charge in [0.1, 0.15) is 17.6 Å². The zero-order valence-corrected chi connectivity index (χ0v) is 15.6. The molecule has 0 radical (unpaired) electrons. The van der Waals surface area contributed by atoms with E-state index in [1.165, 1.54) is 16.7 Å². The maximum atomic E-state index is 11.9. The van der Waals surface area contributed by atoms with Crippen LogP contribution in [0.3, 0.4) is 0 Å². The largest absolute Gasteiger partial charge is 0.543 e. The van der Waals surface area contributed by atoms with E-state index < -0.39 is 12.0 Å². The first-order valence-corrected chi connectivity index (χ1v) is 9.66. The molecule has 0 aliphatic carbocycles. The Balaban J connectivity index is 1.46. The number of thioether (sulfide) groups is 1. The normalized spacial score (nSPS) is 22.4. The number of hydrogen-bond donors (Lipinski definition) is 1. The monoisotopic (exact) mass is 385 g/mol. The fraction of sp³-hybridized carbons (Fsp3) is 0.333. The highest BCUT2D eigenvalue weighted by Crippen LogP contribution is 2.39. The van der Waals surface area contributed by atoms with Crippen LogP contribution in [0.1, 0.15) is 12.1 Å². The number of aliphatic carboxylic acids is 1. The van der Waals surface area contributed by atoms with E-state index in [0.29, 0.717) is 17.7 Å². The number of imidazole rings is 1. The molecule has 2 atom stereocenters. The third-order valence-corrected chi connectivity index (χ3v) is 6.13. The predicted molar refractivity (Wildman–Crippen MR) is 96.9 cm³/mol. The number of carbonyl (C=O) groups is 2. The number of carboxylic acids is 1. The zero-order valence-electron chi connectivity index (χ0n) is 14.7. The molecule has 4 heterocycles. The molecule has 2 aliphatic rings. The van der Waals surface area contributed by atoms with E-state index in [-0.39, 0.29) is 17.0 Å². The van der Waals surface area contributed by atoms with Gasteiger partial charge in [-0.3, -0.25) is 9.69 Å². The topological polar surface area (TPSA) is 108 Å². The average molecular weight is 385 g/mol. The second kappa shape index (κ2) is 6.82. The van der Waals surface area contributed by atoms with Crippen LogP contribution in [0, 0.1) is 0 Å². The molecule has 2 aliphatic heterocycles. The van der Waals surface area contributed by atoms with Gasteiger partial charge < -0.3 is 15.6 Å². The van der Waals surface area contributed by atoms with Gasteiger partial charge in [0.2, 0.25) is 5.91 Å². The van der Waals surface area contributed by atoms with Crippen LogP contribution in [0.2, 0.25) is 0 Å². The number of amides is 1. The molecule has 27 heavy (non-hydrogen) atoms. The quantitative estimate of drug-likeness (QED) is 0.517. The first-order valence-electron chi connectivity index (χ1n) is 8.61. The van der Waals surface area contributed by atoms with Crippen molar-refractivity contribution in [3.8, 4) is 0 Å². The SMILES string of the molecule is C[n+]1ccn2nc(CC/C=C/C3=C(C(=O)[O-])N4C(=O)[C@@H](N)[C@H]4SC3)ccc21. The van der Waals surface area contributed by atoms with Gasteiger partial charge in [0.15, 0.2) is 6.20 Å². The van der Waals surface area contributed by atoms with Crippen LogP contribution in [-0.2, 0) is 23.1 Å². The van der Waals surface area contributed by atoms with Crippen LogP contribution in [0.15, 0.2) is 47.9 Å². The van der Waals surface area contributed by atoms with Crippen molar-refractivity contribution >= 4 is 29.3 Å². The molecule has 2 N–H and O–H groups in total. The van der Waals surface area contributed by atoms with Crippen molar-refractivity contribution < 1.29 is 19.3 Å². The Morgan fingerprint density at radius 2 is 2.33 bits per heavy atom. The zero-order chi connectivity index (χ0) is 19.1. The minimum atomic E-state index is -1.34. The summed E-state index contributed by atoms with van der Waals surface area (Å²) in [5.41, 5.74) is 8.21.